The van der Waals surface area contributed by atoms with Gasteiger partial charge < -0.3 is 20.8 Å². The van der Waals surface area contributed by atoms with Crippen molar-refractivity contribution in [2.75, 3.05) is 6.61 Å². The Morgan fingerprint density at radius 1 is 1.37 bits per heavy atom. The van der Waals surface area contributed by atoms with E-state index >= 15 is 0 Å². The Kier molecular flexibility index (Phi) is 5.59. The van der Waals surface area contributed by atoms with Crippen molar-refractivity contribution in [1.29, 1.82) is 0 Å². The standard InChI is InChI=1S/C18H17BrFN3O4/c19-9-4-5-15(12(20)6-9)27-8-16(24)22-13-2-1-3-14-10(13)7-11(17(21)25)18(26)23-14/h4-7,13H,1-3,8H2,(H2,21,25)(H,22,24)(H,23,26). The Morgan fingerprint density at radius 2 is 2.15 bits per heavy atom. The van der Waals surface area contributed by atoms with Gasteiger partial charge in [-0.05, 0) is 49.1 Å². The van der Waals surface area contributed by atoms with Gasteiger partial charge in [-0.15, -0.1) is 0 Å². The SMILES string of the molecule is NC(=O)c1cc2c([nH]c1=O)CCCC2NC(=O)COc1ccc(Br)cc1F. The van der Waals surface area contributed by atoms with Crippen LogP contribution in [0.4, 0.5) is 4.39 Å². The van der Waals surface area contributed by atoms with E-state index in [-0.39, 0.29) is 17.9 Å². The first-order valence-electron chi connectivity index (χ1n) is 8.28. The molecular formula is C18H17BrFN3O4. The summed E-state index contributed by atoms with van der Waals surface area (Å²) in [5.74, 6) is -1.88. The number of amides is 2. The summed E-state index contributed by atoms with van der Waals surface area (Å²) in [6.45, 7) is -0.365. The Bertz CT molecular complexity index is 960. The molecule has 0 spiro atoms. The van der Waals surface area contributed by atoms with Gasteiger partial charge in [0.2, 0.25) is 0 Å². The summed E-state index contributed by atoms with van der Waals surface area (Å²) in [6.07, 6.45) is 2.03. The number of carbonyl (C=O) groups is 2. The molecule has 1 aliphatic carbocycles. The quantitative estimate of drug-likeness (QED) is 0.662. The van der Waals surface area contributed by atoms with Gasteiger partial charge in [0.05, 0.1) is 6.04 Å². The molecule has 1 unspecified atom stereocenters. The molecule has 3 rings (SSSR count). The van der Waals surface area contributed by atoms with Crippen LogP contribution in [-0.2, 0) is 11.2 Å². The number of halogens is 2. The highest BCUT2D eigenvalue weighted by atomic mass is 79.9. The van der Waals surface area contributed by atoms with E-state index in [2.05, 4.69) is 26.2 Å². The Labute approximate surface area is 162 Å². The molecule has 0 saturated carbocycles. The van der Waals surface area contributed by atoms with Gasteiger partial charge >= 0.3 is 0 Å². The second-order valence-corrected chi connectivity index (χ2v) is 7.10. The van der Waals surface area contributed by atoms with Gasteiger partial charge in [-0.3, -0.25) is 14.4 Å². The minimum Gasteiger partial charge on any atom is -0.481 e. The average Bonchev–Trinajstić information content (AvgIpc) is 2.60. The Balaban J connectivity index is 1.71. The molecule has 7 nitrogen and oxygen atoms in total. The highest BCUT2D eigenvalue weighted by Crippen LogP contribution is 2.28. The lowest BCUT2D eigenvalue weighted by Crippen LogP contribution is -2.36. The maximum atomic E-state index is 13.8. The molecule has 1 heterocycles. The lowest BCUT2D eigenvalue weighted by atomic mass is 9.90. The van der Waals surface area contributed by atoms with Crippen molar-refractivity contribution in [3.05, 3.63) is 61.7 Å². The molecule has 2 aromatic rings. The fraction of sp³-hybridized carbons (Fsp3) is 0.278. The summed E-state index contributed by atoms with van der Waals surface area (Å²) >= 11 is 3.15. The van der Waals surface area contributed by atoms with E-state index < -0.39 is 29.2 Å². The molecule has 2 amide bonds. The van der Waals surface area contributed by atoms with E-state index in [9.17, 15) is 18.8 Å². The molecule has 1 aromatic heterocycles. The first kappa shape index (κ1) is 19.1. The molecule has 9 heteroatoms. The number of nitrogens with one attached hydrogen (secondary N) is 2. The van der Waals surface area contributed by atoms with Gasteiger partial charge in [0.1, 0.15) is 5.56 Å². The summed E-state index contributed by atoms with van der Waals surface area (Å²) in [7, 11) is 0. The number of carbonyl (C=O) groups excluding carboxylic acids is 2. The number of aromatic nitrogens is 1. The molecule has 0 saturated heterocycles. The van der Waals surface area contributed by atoms with Crippen LogP contribution in [0.15, 0.2) is 33.5 Å². The van der Waals surface area contributed by atoms with Crippen molar-refractivity contribution in [1.82, 2.24) is 10.3 Å². The van der Waals surface area contributed by atoms with Gasteiger partial charge in [0, 0.05) is 10.2 Å². The number of hydrogen-bond donors (Lipinski definition) is 3. The van der Waals surface area contributed by atoms with Crippen molar-refractivity contribution in [2.24, 2.45) is 5.73 Å². The largest absolute Gasteiger partial charge is 0.481 e. The summed E-state index contributed by atoms with van der Waals surface area (Å²) in [5, 5.41) is 2.79. The van der Waals surface area contributed by atoms with Gasteiger partial charge in [-0.1, -0.05) is 15.9 Å². The second-order valence-electron chi connectivity index (χ2n) is 6.19. The topological polar surface area (TPSA) is 114 Å². The molecule has 0 fully saturated rings. The highest BCUT2D eigenvalue weighted by Gasteiger charge is 2.25. The van der Waals surface area contributed by atoms with Gasteiger partial charge in [-0.25, -0.2) is 4.39 Å². The van der Waals surface area contributed by atoms with Crippen LogP contribution in [0.1, 0.15) is 40.5 Å². The lowest BCUT2D eigenvalue weighted by molar-refractivity contribution is -0.124. The first-order chi connectivity index (χ1) is 12.8. The third kappa shape index (κ3) is 4.36. The molecule has 1 aliphatic rings. The number of ether oxygens (including phenoxy) is 1. The number of nitrogens with two attached hydrogens (primary N) is 1. The number of pyridine rings is 1. The lowest BCUT2D eigenvalue weighted by Gasteiger charge is -2.26. The maximum absolute atomic E-state index is 13.8. The van der Waals surface area contributed by atoms with E-state index in [1.165, 1.54) is 18.2 Å². The summed E-state index contributed by atoms with van der Waals surface area (Å²) in [6, 6.07) is 5.30. The highest BCUT2D eigenvalue weighted by molar-refractivity contribution is 9.10. The van der Waals surface area contributed by atoms with E-state index in [0.29, 0.717) is 28.6 Å². The summed E-state index contributed by atoms with van der Waals surface area (Å²) in [4.78, 5) is 38.2. The maximum Gasteiger partial charge on any atom is 0.261 e. The van der Waals surface area contributed by atoms with Crippen molar-refractivity contribution >= 4 is 27.7 Å². The van der Waals surface area contributed by atoms with Crippen LogP contribution in [-0.4, -0.2) is 23.4 Å². The number of benzene rings is 1. The van der Waals surface area contributed by atoms with E-state index in [1.54, 1.807) is 6.07 Å². The minimum atomic E-state index is -0.830. The predicted molar refractivity (Wildman–Crippen MR) is 99.0 cm³/mol. The fourth-order valence-electron chi connectivity index (χ4n) is 3.05. The van der Waals surface area contributed by atoms with Crippen LogP contribution in [0.25, 0.3) is 0 Å². The number of hydrogen-bond acceptors (Lipinski definition) is 4. The van der Waals surface area contributed by atoms with Crippen LogP contribution >= 0.6 is 15.9 Å². The molecular weight excluding hydrogens is 421 g/mol. The third-order valence-electron chi connectivity index (χ3n) is 4.31. The first-order valence-corrected chi connectivity index (χ1v) is 9.07. The zero-order valence-corrected chi connectivity index (χ0v) is 15.8. The van der Waals surface area contributed by atoms with Gasteiger partial charge in [-0.2, -0.15) is 0 Å². The van der Waals surface area contributed by atoms with Crippen LogP contribution in [0.3, 0.4) is 0 Å². The fourth-order valence-corrected chi connectivity index (χ4v) is 3.38. The van der Waals surface area contributed by atoms with E-state index in [4.69, 9.17) is 10.5 Å². The normalized spacial score (nSPS) is 15.7. The number of aryl methyl sites for hydroxylation is 1. The molecule has 1 atom stereocenters. The smallest absolute Gasteiger partial charge is 0.261 e. The molecule has 27 heavy (non-hydrogen) atoms. The number of rotatable bonds is 5. The van der Waals surface area contributed by atoms with Gasteiger partial charge in [0.15, 0.2) is 18.2 Å². The van der Waals surface area contributed by atoms with Crippen molar-refractivity contribution in [3.63, 3.8) is 0 Å². The van der Waals surface area contributed by atoms with Crippen LogP contribution in [0.2, 0.25) is 0 Å². The number of H-pyrrole nitrogens is 1. The predicted octanol–water partition coefficient (Wildman–Crippen LogP) is 1.95. The van der Waals surface area contributed by atoms with Crippen molar-refractivity contribution in [3.8, 4) is 5.75 Å². The average molecular weight is 438 g/mol. The third-order valence-corrected chi connectivity index (χ3v) is 4.80. The Hall–Kier alpha value is -2.68. The number of fused-ring (bicyclic) bond motifs is 1. The molecule has 0 bridgehead atoms. The Morgan fingerprint density at radius 3 is 2.85 bits per heavy atom. The zero-order valence-electron chi connectivity index (χ0n) is 14.2. The summed E-state index contributed by atoms with van der Waals surface area (Å²) in [5.41, 5.74) is 5.86. The monoisotopic (exact) mass is 437 g/mol. The van der Waals surface area contributed by atoms with Crippen LogP contribution in [0.5, 0.6) is 5.75 Å². The van der Waals surface area contributed by atoms with E-state index in [1.807, 2.05) is 0 Å². The molecule has 4 N–H and O–H groups in total. The summed E-state index contributed by atoms with van der Waals surface area (Å²) < 4.78 is 19.5. The van der Waals surface area contributed by atoms with E-state index in [0.717, 1.165) is 6.42 Å². The molecule has 142 valence electrons. The molecule has 1 aromatic carbocycles. The van der Waals surface area contributed by atoms with Crippen LogP contribution in [0, 0.1) is 5.82 Å². The van der Waals surface area contributed by atoms with Crippen molar-refractivity contribution < 1.29 is 18.7 Å². The zero-order chi connectivity index (χ0) is 19.6. The molecule has 0 radical (unpaired) electrons. The number of aromatic amines is 1. The second kappa shape index (κ2) is 7.91. The number of primary amides is 1. The van der Waals surface area contributed by atoms with Gasteiger partial charge in [0.25, 0.3) is 17.4 Å². The molecule has 0 aliphatic heterocycles. The van der Waals surface area contributed by atoms with Crippen molar-refractivity contribution in [2.45, 2.75) is 25.3 Å². The van der Waals surface area contributed by atoms with Crippen LogP contribution < -0.4 is 21.3 Å². The minimum absolute atomic E-state index is 0.0299.